The molecular formula is C18H16ClN3OS. The minimum atomic E-state index is 0.406. The number of hydrogen-bond donors (Lipinski definition) is 1. The van der Waals surface area contributed by atoms with E-state index in [0.29, 0.717) is 11.6 Å². The van der Waals surface area contributed by atoms with E-state index in [0.717, 1.165) is 27.7 Å². The molecule has 3 rings (SSSR count). The Bertz CT molecular complexity index is 848. The predicted molar refractivity (Wildman–Crippen MR) is 100 cm³/mol. The van der Waals surface area contributed by atoms with Crippen LogP contribution in [-0.2, 0) is 6.61 Å². The first-order chi connectivity index (χ1) is 11.7. The topological polar surface area (TPSA) is 46.5 Å². The summed E-state index contributed by atoms with van der Waals surface area (Å²) in [6, 6.07) is 15.4. The van der Waals surface area contributed by atoms with Gasteiger partial charge in [-0.25, -0.2) is 4.98 Å². The third-order valence-corrected chi connectivity index (χ3v) is 4.48. The number of ether oxygens (including phenoxy) is 1. The highest BCUT2D eigenvalue weighted by molar-refractivity contribution is 7.13. The van der Waals surface area contributed by atoms with Crippen LogP contribution in [0.3, 0.4) is 0 Å². The van der Waals surface area contributed by atoms with Gasteiger partial charge in [-0.3, -0.25) is 5.43 Å². The molecule has 0 aliphatic carbocycles. The van der Waals surface area contributed by atoms with E-state index in [1.807, 2.05) is 60.8 Å². The Morgan fingerprint density at radius 2 is 2.00 bits per heavy atom. The van der Waals surface area contributed by atoms with Gasteiger partial charge in [-0.1, -0.05) is 41.9 Å². The molecule has 6 heteroatoms. The molecule has 0 fully saturated rings. The van der Waals surface area contributed by atoms with Crippen molar-refractivity contribution in [2.75, 3.05) is 5.43 Å². The molecule has 0 unspecified atom stereocenters. The van der Waals surface area contributed by atoms with Gasteiger partial charge in [0.2, 0.25) is 5.13 Å². The van der Waals surface area contributed by atoms with Gasteiger partial charge in [0, 0.05) is 21.5 Å². The summed E-state index contributed by atoms with van der Waals surface area (Å²) >= 11 is 7.68. The van der Waals surface area contributed by atoms with Crippen molar-refractivity contribution in [1.82, 2.24) is 4.98 Å². The fraction of sp³-hybridized carbons (Fsp3) is 0.111. The van der Waals surface area contributed by atoms with Crippen molar-refractivity contribution >= 4 is 34.3 Å². The van der Waals surface area contributed by atoms with Crippen LogP contribution < -0.4 is 10.2 Å². The number of aryl methyl sites for hydroxylation is 1. The molecule has 0 spiro atoms. The number of benzene rings is 2. The summed E-state index contributed by atoms with van der Waals surface area (Å²) in [5, 5.41) is 7.66. The number of nitrogens with one attached hydrogen (secondary N) is 1. The first-order valence-corrected chi connectivity index (χ1v) is 8.64. The summed E-state index contributed by atoms with van der Waals surface area (Å²) in [6.45, 7) is 2.35. The van der Waals surface area contributed by atoms with Crippen LogP contribution in [0, 0.1) is 6.92 Å². The Labute approximate surface area is 149 Å². The normalized spacial score (nSPS) is 10.9. The average molecular weight is 358 g/mol. The number of thiazole rings is 1. The number of anilines is 1. The quantitative estimate of drug-likeness (QED) is 0.491. The molecule has 122 valence electrons. The molecule has 0 aliphatic heterocycles. The number of halogens is 1. The number of rotatable bonds is 6. The SMILES string of the molecule is Cc1csc(N/N=C/c2ccccc2OCc2ccccc2Cl)n1. The third-order valence-electron chi connectivity index (χ3n) is 3.24. The monoisotopic (exact) mass is 357 g/mol. The Morgan fingerprint density at radius 1 is 1.21 bits per heavy atom. The molecular weight excluding hydrogens is 342 g/mol. The molecule has 0 radical (unpaired) electrons. The first kappa shape index (κ1) is 16.5. The van der Waals surface area contributed by atoms with Gasteiger partial charge in [0.25, 0.3) is 0 Å². The van der Waals surface area contributed by atoms with E-state index in [9.17, 15) is 0 Å². The lowest BCUT2D eigenvalue weighted by molar-refractivity contribution is 0.306. The van der Waals surface area contributed by atoms with Gasteiger partial charge in [-0.15, -0.1) is 11.3 Å². The van der Waals surface area contributed by atoms with Crippen molar-refractivity contribution in [3.8, 4) is 5.75 Å². The standard InChI is InChI=1S/C18H16ClN3OS/c1-13-12-24-18(21-13)22-20-10-14-6-3-5-9-17(14)23-11-15-7-2-4-8-16(15)19/h2-10,12H,11H2,1H3,(H,21,22)/b20-10+. The minimum Gasteiger partial charge on any atom is -0.488 e. The molecule has 0 atom stereocenters. The number of hydrogen-bond acceptors (Lipinski definition) is 5. The maximum absolute atomic E-state index is 6.16. The fourth-order valence-corrected chi connectivity index (χ4v) is 2.88. The van der Waals surface area contributed by atoms with Crippen molar-refractivity contribution in [3.63, 3.8) is 0 Å². The zero-order valence-corrected chi connectivity index (χ0v) is 14.6. The largest absolute Gasteiger partial charge is 0.488 e. The first-order valence-electron chi connectivity index (χ1n) is 7.39. The van der Waals surface area contributed by atoms with Crippen molar-refractivity contribution in [3.05, 3.63) is 75.8 Å². The number of nitrogens with zero attached hydrogens (tertiary/aromatic N) is 2. The van der Waals surface area contributed by atoms with Crippen LogP contribution in [0.1, 0.15) is 16.8 Å². The molecule has 0 saturated heterocycles. The van der Waals surface area contributed by atoms with Crippen molar-refractivity contribution in [2.24, 2.45) is 5.10 Å². The summed E-state index contributed by atoms with van der Waals surface area (Å²) in [6.07, 6.45) is 1.72. The highest BCUT2D eigenvalue weighted by Gasteiger charge is 2.04. The van der Waals surface area contributed by atoms with Gasteiger partial charge >= 0.3 is 0 Å². The smallest absolute Gasteiger partial charge is 0.203 e. The molecule has 1 heterocycles. The average Bonchev–Trinajstić information content (AvgIpc) is 3.00. The van der Waals surface area contributed by atoms with Gasteiger partial charge in [-0.05, 0) is 25.1 Å². The van der Waals surface area contributed by atoms with E-state index in [1.54, 1.807) is 6.21 Å². The molecule has 3 aromatic rings. The highest BCUT2D eigenvalue weighted by Crippen LogP contribution is 2.21. The van der Waals surface area contributed by atoms with Crippen molar-refractivity contribution in [1.29, 1.82) is 0 Å². The van der Waals surface area contributed by atoms with E-state index in [4.69, 9.17) is 16.3 Å². The Hall–Kier alpha value is -2.37. The Balaban J connectivity index is 1.67. The van der Waals surface area contributed by atoms with Gasteiger partial charge in [0.1, 0.15) is 12.4 Å². The molecule has 0 aliphatic rings. The molecule has 4 nitrogen and oxygen atoms in total. The summed E-state index contributed by atoms with van der Waals surface area (Å²) in [5.74, 6) is 0.748. The fourth-order valence-electron chi connectivity index (χ4n) is 2.05. The zero-order valence-electron chi connectivity index (χ0n) is 13.1. The van der Waals surface area contributed by atoms with Gasteiger partial charge in [0.15, 0.2) is 0 Å². The van der Waals surface area contributed by atoms with E-state index in [1.165, 1.54) is 11.3 Å². The van der Waals surface area contributed by atoms with Crippen molar-refractivity contribution in [2.45, 2.75) is 13.5 Å². The third kappa shape index (κ3) is 4.34. The summed E-state index contributed by atoms with van der Waals surface area (Å²) < 4.78 is 5.89. The minimum absolute atomic E-state index is 0.406. The highest BCUT2D eigenvalue weighted by atomic mass is 35.5. The van der Waals surface area contributed by atoms with Crippen molar-refractivity contribution < 1.29 is 4.74 Å². The van der Waals surface area contributed by atoms with E-state index < -0.39 is 0 Å². The van der Waals surface area contributed by atoms with E-state index in [-0.39, 0.29) is 0 Å². The van der Waals surface area contributed by atoms with Gasteiger partial charge in [-0.2, -0.15) is 5.10 Å². The number of para-hydroxylation sites is 1. The summed E-state index contributed by atoms with van der Waals surface area (Å²) in [5.41, 5.74) is 5.72. The number of hydrazone groups is 1. The van der Waals surface area contributed by atoms with Gasteiger partial charge < -0.3 is 4.74 Å². The second-order valence-electron chi connectivity index (χ2n) is 5.08. The molecule has 1 aromatic heterocycles. The lowest BCUT2D eigenvalue weighted by atomic mass is 10.2. The van der Waals surface area contributed by atoms with Crippen LogP contribution in [0.25, 0.3) is 0 Å². The molecule has 0 bridgehead atoms. The summed E-state index contributed by atoms with van der Waals surface area (Å²) in [4.78, 5) is 4.30. The molecule has 24 heavy (non-hydrogen) atoms. The molecule has 2 aromatic carbocycles. The van der Waals surface area contributed by atoms with E-state index >= 15 is 0 Å². The lowest BCUT2D eigenvalue weighted by Crippen LogP contribution is -1.99. The maximum Gasteiger partial charge on any atom is 0.203 e. The molecule has 1 N–H and O–H groups in total. The molecule has 0 amide bonds. The second-order valence-corrected chi connectivity index (χ2v) is 6.35. The van der Waals surface area contributed by atoms with Crippen LogP contribution in [0.15, 0.2) is 59.0 Å². The zero-order chi connectivity index (χ0) is 16.8. The molecule has 0 saturated carbocycles. The summed E-state index contributed by atoms with van der Waals surface area (Å²) in [7, 11) is 0. The van der Waals surface area contributed by atoms with E-state index in [2.05, 4.69) is 15.5 Å². The van der Waals surface area contributed by atoms with Crippen LogP contribution in [-0.4, -0.2) is 11.2 Å². The van der Waals surface area contributed by atoms with Crippen LogP contribution in [0.5, 0.6) is 5.75 Å². The van der Waals surface area contributed by atoms with Crippen LogP contribution >= 0.6 is 22.9 Å². The van der Waals surface area contributed by atoms with Crippen LogP contribution in [0.4, 0.5) is 5.13 Å². The van der Waals surface area contributed by atoms with Crippen LogP contribution in [0.2, 0.25) is 5.02 Å². The number of aromatic nitrogens is 1. The lowest BCUT2D eigenvalue weighted by Gasteiger charge is -2.10. The Morgan fingerprint density at radius 3 is 2.79 bits per heavy atom. The second kappa shape index (κ2) is 7.95. The maximum atomic E-state index is 6.16. The van der Waals surface area contributed by atoms with Gasteiger partial charge in [0.05, 0.1) is 11.9 Å². The Kier molecular flexibility index (Phi) is 5.46. The predicted octanol–water partition coefficient (Wildman–Crippen LogP) is 5.13.